The Morgan fingerprint density at radius 2 is 1.81 bits per heavy atom. The molecule has 0 radical (unpaired) electrons. The molecule has 1 fully saturated rings. The van der Waals surface area contributed by atoms with Gasteiger partial charge in [0.2, 0.25) is 5.91 Å². The molecule has 0 aliphatic carbocycles. The lowest BCUT2D eigenvalue weighted by Crippen LogP contribution is -2.49. The van der Waals surface area contributed by atoms with E-state index in [0.717, 1.165) is 5.69 Å². The summed E-state index contributed by atoms with van der Waals surface area (Å²) in [6.07, 6.45) is 1.23. The van der Waals surface area contributed by atoms with Crippen molar-refractivity contribution < 1.29 is 14.0 Å². The summed E-state index contributed by atoms with van der Waals surface area (Å²) < 4.78 is 14.7. The summed E-state index contributed by atoms with van der Waals surface area (Å²) in [6, 6.07) is 13.8. The van der Waals surface area contributed by atoms with Crippen molar-refractivity contribution in [1.29, 1.82) is 0 Å². The van der Waals surface area contributed by atoms with Gasteiger partial charge in [-0.05, 0) is 43.2 Å². The Balaban J connectivity index is 1.71. The van der Waals surface area contributed by atoms with E-state index in [9.17, 15) is 14.0 Å². The minimum absolute atomic E-state index is 0.0440. The van der Waals surface area contributed by atoms with Gasteiger partial charge in [0.15, 0.2) is 0 Å². The number of hydrogen-bond acceptors (Lipinski definition) is 2. The quantitative estimate of drug-likeness (QED) is 0.641. The standard InChI is InChI=1S/C20H19BrClFN2O2/c21-14-6-7-17(18(23)12-14)20(27)24-10-8-16(9-11-24)25(19(26)13-22)15-4-2-1-3-5-15/h1-7,12,16H,8-11,13H2. The first kappa shape index (κ1) is 19.8. The highest BCUT2D eigenvalue weighted by atomic mass is 79.9. The number of anilines is 1. The smallest absolute Gasteiger partial charge is 0.256 e. The van der Waals surface area contributed by atoms with E-state index in [2.05, 4.69) is 15.9 Å². The van der Waals surface area contributed by atoms with E-state index in [0.29, 0.717) is 30.4 Å². The molecule has 27 heavy (non-hydrogen) atoms. The van der Waals surface area contributed by atoms with Crippen LogP contribution in [0.3, 0.4) is 0 Å². The fourth-order valence-electron chi connectivity index (χ4n) is 3.37. The van der Waals surface area contributed by atoms with Crippen LogP contribution in [0, 0.1) is 5.82 Å². The van der Waals surface area contributed by atoms with E-state index < -0.39 is 5.82 Å². The van der Waals surface area contributed by atoms with Gasteiger partial charge in [-0.25, -0.2) is 4.39 Å². The van der Waals surface area contributed by atoms with Crippen molar-refractivity contribution in [3.05, 3.63) is 64.4 Å². The maximum atomic E-state index is 14.1. The van der Waals surface area contributed by atoms with Crippen LogP contribution in [0.2, 0.25) is 0 Å². The molecule has 2 aromatic carbocycles. The molecule has 2 aromatic rings. The monoisotopic (exact) mass is 452 g/mol. The molecular weight excluding hydrogens is 435 g/mol. The minimum Gasteiger partial charge on any atom is -0.338 e. The van der Waals surface area contributed by atoms with Crippen LogP contribution < -0.4 is 4.90 Å². The number of piperidine rings is 1. The number of rotatable bonds is 4. The Morgan fingerprint density at radius 1 is 1.15 bits per heavy atom. The fraction of sp³-hybridized carbons (Fsp3) is 0.300. The molecule has 4 nitrogen and oxygen atoms in total. The second-order valence-corrected chi connectivity index (χ2v) is 7.56. The number of carbonyl (C=O) groups excluding carboxylic acids is 2. The average Bonchev–Trinajstić information content (AvgIpc) is 2.69. The zero-order valence-corrected chi connectivity index (χ0v) is 16.9. The van der Waals surface area contributed by atoms with E-state index in [-0.39, 0.29) is 29.3 Å². The van der Waals surface area contributed by atoms with Crippen molar-refractivity contribution in [3.8, 4) is 0 Å². The van der Waals surface area contributed by atoms with Crippen molar-refractivity contribution in [1.82, 2.24) is 4.90 Å². The molecule has 3 rings (SSSR count). The summed E-state index contributed by atoms with van der Waals surface area (Å²) in [7, 11) is 0. The van der Waals surface area contributed by atoms with Gasteiger partial charge in [0, 0.05) is 29.3 Å². The lowest BCUT2D eigenvalue weighted by molar-refractivity contribution is -0.116. The summed E-state index contributed by atoms with van der Waals surface area (Å²) in [5.74, 6) is -1.13. The number of nitrogens with zero attached hydrogens (tertiary/aromatic N) is 2. The maximum Gasteiger partial charge on any atom is 0.256 e. The topological polar surface area (TPSA) is 40.6 Å². The molecule has 7 heteroatoms. The van der Waals surface area contributed by atoms with E-state index >= 15 is 0 Å². The van der Waals surface area contributed by atoms with E-state index in [1.54, 1.807) is 15.9 Å². The molecule has 0 spiro atoms. The van der Waals surface area contributed by atoms with Crippen LogP contribution in [0.15, 0.2) is 53.0 Å². The zero-order valence-electron chi connectivity index (χ0n) is 14.6. The third-order valence-electron chi connectivity index (χ3n) is 4.70. The van der Waals surface area contributed by atoms with Crippen LogP contribution in [0.4, 0.5) is 10.1 Å². The Labute approximate surface area is 171 Å². The molecule has 1 aliphatic heterocycles. The van der Waals surface area contributed by atoms with Crippen molar-refractivity contribution in [2.24, 2.45) is 0 Å². The highest BCUT2D eigenvalue weighted by Gasteiger charge is 2.31. The third-order valence-corrected chi connectivity index (χ3v) is 5.42. The van der Waals surface area contributed by atoms with Crippen LogP contribution >= 0.6 is 27.5 Å². The Bertz CT molecular complexity index is 826. The summed E-state index contributed by atoms with van der Waals surface area (Å²) in [5, 5.41) is 0. The zero-order chi connectivity index (χ0) is 19.4. The van der Waals surface area contributed by atoms with Crippen LogP contribution in [0.5, 0.6) is 0 Å². The van der Waals surface area contributed by atoms with Crippen molar-refractivity contribution in [2.45, 2.75) is 18.9 Å². The number of para-hydroxylation sites is 1. The Morgan fingerprint density at radius 3 is 2.41 bits per heavy atom. The minimum atomic E-state index is -0.542. The lowest BCUT2D eigenvalue weighted by Gasteiger charge is -2.38. The second-order valence-electron chi connectivity index (χ2n) is 6.38. The van der Waals surface area contributed by atoms with Crippen molar-refractivity contribution >= 4 is 45.0 Å². The van der Waals surface area contributed by atoms with Gasteiger partial charge < -0.3 is 9.80 Å². The van der Waals surface area contributed by atoms with Gasteiger partial charge in [-0.2, -0.15) is 0 Å². The molecule has 0 aromatic heterocycles. The molecule has 0 unspecified atom stereocenters. The average molecular weight is 454 g/mol. The summed E-state index contributed by atoms with van der Waals surface area (Å²) in [6.45, 7) is 0.913. The Kier molecular flexibility index (Phi) is 6.50. The molecule has 1 heterocycles. The second kappa shape index (κ2) is 8.85. The van der Waals surface area contributed by atoms with Gasteiger partial charge in [-0.15, -0.1) is 11.6 Å². The molecule has 1 aliphatic rings. The van der Waals surface area contributed by atoms with Crippen LogP contribution in [-0.2, 0) is 4.79 Å². The molecule has 0 atom stereocenters. The first-order chi connectivity index (χ1) is 13.0. The van der Waals surface area contributed by atoms with Crippen molar-refractivity contribution in [2.75, 3.05) is 23.9 Å². The highest BCUT2D eigenvalue weighted by Crippen LogP contribution is 2.25. The van der Waals surface area contributed by atoms with Gasteiger partial charge in [-0.3, -0.25) is 9.59 Å². The number of alkyl halides is 1. The number of likely N-dealkylation sites (tertiary alicyclic amines) is 1. The van der Waals surface area contributed by atoms with Gasteiger partial charge in [-0.1, -0.05) is 34.1 Å². The number of amides is 2. The van der Waals surface area contributed by atoms with Crippen molar-refractivity contribution in [3.63, 3.8) is 0 Å². The molecule has 2 amide bonds. The van der Waals surface area contributed by atoms with Gasteiger partial charge in [0.05, 0.1) is 5.56 Å². The maximum absolute atomic E-state index is 14.1. The van der Waals surface area contributed by atoms with E-state index in [4.69, 9.17) is 11.6 Å². The van der Waals surface area contributed by atoms with Gasteiger partial charge in [0.1, 0.15) is 11.7 Å². The predicted molar refractivity (Wildman–Crippen MR) is 108 cm³/mol. The molecule has 0 bridgehead atoms. The molecule has 142 valence electrons. The first-order valence-electron chi connectivity index (χ1n) is 8.68. The third kappa shape index (κ3) is 4.50. The number of benzene rings is 2. The molecule has 0 saturated carbocycles. The fourth-order valence-corrected chi connectivity index (χ4v) is 3.83. The van der Waals surface area contributed by atoms with E-state index in [1.165, 1.54) is 12.1 Å². The highest BCUT2D eigenvalue weighted by molar-refractivity contribution is 9.10. The molecular formula is C20H19BrClFN2O2. The van der Waals surface area contributed by atoms with Crippen LogP contribution in [0.25, 0.3) is 0 Å². The van der Waals surface area contributed by atoms with Gasteiger partial charge in [0.25, 0.3) is 5.91 Å². The summed E-state index contributed by atoms with van der Waals surface area (Å²) in [4.78, 5) is 28.4. The normalized spacial score (nSPS) is 14.9. The molecule has 0 N–H and O–H groups in total. The summed E-state index contributed by atoms with van der Waals surface area (Å²) >= 11 is 9.00. The lowest BCUT2D eigenvalue weighted by atomic mass is 10.0. The SMILES string of the molecule is O=C(c1ccc(Br)cc1F)N1CCC(N(C(=O)CCl)c2ccccc2)CC1. The summed E-state index contributed by atoms with van der Waals surface area (Å²) in [5.41, 5.74) is 0.861. The first-order valence-corrected chi connectivity index (χ1v) is 10.0. The molecule has 1 saturated heterocycles. The number of carbonyl (C=O) groups is 2. The van der Waals surface area contributed by atoms with E-state index in [1.807, 2.05) is 30.3 Å². The van der Waals surface area contributed by atoms with Gasteiger partial charge >= 0.3 is 0 Å². The predicted octanol–water partition coefficient (Wildman–Crippen LogP) is 4.46. The Hall–Kier alpha value is -1.92. The van der Waals surface area contributed by atoms with Crippen LogP contribution in [0.1, 0.15) is 23.2 Å². The number of halogens is 3. The largest absolute Gasteiger partial charge is 0.338 e. The number of hydrogen-bond donors (Lipinski definition) is 0. The van der Waals surface area contributed by atoms with Crippen LogP contribution in [-0.4, -0.2) is 41.7 Å².